The van der Waals surface area contributed by atoms with Crippen LogP contribution in [-0.2, 0) is 0 Å². The van der Waals surface area contributed by atoms with E-state index in [-0.39, 0.29) is 10.6 Å². The summed E-state index contributed by atoms with van der Waals surface area (Å²) in [5, 5.41) is 0.404. The van der Waals surface area contributed by atoms with Crippen molar-refractivity contribution in [1.29, 1.82) is 0 Å². The maximum atomic E-state index is 13.5. The van der Waals surface area contributed by atoms with Gasteiger partial charge in [-0.15, -0.1) is 0 Å². The summed E-state index contributed by atoms with van der Waals surface area (Å²) >= 11 is 9.80. The minimum absolute atomic E-state index is 0.142. The zero-order valence-corrected chi connectivity index (χ0v) is 13.6. The predicted octanol–water partition coefficient (Wildman–Crippen LogP) is 5.67. The minimum atomic E-state index is -0.295. The molecule has 2 aromatic carbocycles. The third-order valence-corrected chi connectivity index (χ3v) is 4.36. The number of rotatable bonds is 4. The van der Waals surface area contributed by atoms with Crippen molar-refractivity contribution in [2.75, 3.05) is 6.61 Å². The number of hydrogen-bond donors (Lipinski definition) is 0. The Hall–Kier alpha value is -1.06. The quantitative estimate of drug-likeness (QED) is 0.641. The lowest BCUT2D eigenvalue weighted by molar-refractivity contribution is 0.337. The lowest BCUT2D eigenvalue weighted by Gasteiger charge is -2.17. The lowest BCUT2D eigenvalue weighted by atomic mass is 10.0. The van der Waals surface area contributed by atoms with Gasteiger partial charge >= 0.3 is 0 Å². The van der Waals surface area contributed by atoms with Crippen LogP contribution in [0.4, 0.5) is 4.39 Å². The molecule has 0 spiro atoms. The fraction of sp³-hybridized carbons (Fsp3) is 0.250. The van der Waals surface area contributed by atoms with Gasteiger partial charge in [-0.2, -0.15) is 0 Å². The van der Waals surface area contributed by atoms with E-state index in [0.717, 1.165) is 16.9 Å². The van der Waals surface area contributed by atoms with Crippen LogP contribution in [0.3, 0.4) is 0 Å². The van der Waals surface area contributed by atoms with Crippen LogP contribution >= 0.6 is 27.5 Å². The molecular weight excluding hydrogens is 343 g/mol. The van der Waals surface area contributed by atoms with E-state index in [1.54, 1.807) is 13.0 Å². The third kappa shape index (κ3) is 3.15. The highest BCUT2D eigenvalue weighted by Gasteiger charge is 2.19. The predicted molar refractivity (Wildman–Crippen MR) is 84.5 cm³/mol. The molecule has 0 fully saturated rings. The Morgan fingerprint density at radius 1 is 1.25 bits per heavy atom. The van der Waals surface area contributed by atoms with Crippen molar-refractivity contribution < 1.29 is 9.13 Å². The molecule has 1 nitrogen and oxygen atoms in total. The molecule has 4 heteroatoms. The Labute approximate surface area is 131 Å². The van der Waals surface area contributed by atoms with Gasteiger partial charge in [0.15, 0.2) is 0 Å². The van der Waals surface area contributed by atoms with Crippen molar-refractivity contribution in [3.05, 3.63) is 63.9 Å². The molecular formula is C16H15BrClFO. The van der Waals surface area contributed by atoms with Gasteiger partial charge in [0.2, 0.25) is 0 Å². The first-order valence-electron chi connectivity index (χ1n) is 6.36. The second-order valence-corrected chi connectivity index (χ2v) is 5.78. The fourth-order valence-corrected chi connectivity index (χ4v) is 3.17. The Morgan fingerprint density at radius 3 is 2.65 bits per heavy atom. The summed E-state index contributed by atoms with van der Waals surface area (Å²) in [7, 11) is 0. The largest absolute Gasteiger partial charge is 0.494 e. The number of halogens is 3. The molecule has 0 radical (unpaired) electrons. The van der Waals surface area contributed by atoms with Crippen LogP contribution in [-0.4, -0.2) is 6.61 Å². The van der Waals surface area contributed by atoms with Crippen molar-refractivity contribution in [3.8, 4) is 5.75 Å². The van der Waals surface area contributed by atoms with E-state index in [2.05, 4.69) is 15.9 Å². The number of ether oxygens (including phenoxy) is 1. The smallest absolute Gasteiger partial charge is 0.127 e. The Bertz CT molecular complexity index is 615. The van der Waals surface area contributed by atoms with Gasteiger partial charge in [0.1, 0.15) is 11.6 Å². The molecule has 1 unspecified atom stereocenters. The lowest BCUT2D eigenvalue weighted by Crippen LogP contribution is -2.01. The SMILES string of the molecule is CCOc1ccccc1C(Br)c1cc(C)c(F)cc1Cl. The van der Waals surface area contributed by atoms with Gasteiger partial charge in [0.25, 0.3) is 0 Å². The molecule has 1 atom stereocenters. The van der Waals surface area contributed by atoms with E-state index >= 15 is 0 Å². The molecule has 20 heavy (non-hydrogen) atoms. The number of hydrogen-bond acceptors (Lipinski definition) is 1. The first-order chi connectivity index (χ1) is 9.54. The molecule has 2 rings (SSSR count). The van der Waals surface area contributed by atoms with E-state index < -0.39 is 0 Å². The molecule has 0 amide bonds. The van der Waals surface area contributed by atoms with E-state index in [9.17, 15) is 4.39 Å². The normalized spacial score (nSPS) is 12.2. The molecule has 106 valence electrons. The summed E-state index contributed by atoms with van der Waals surface area (Å²) in [6, 6.07) is 10.9. The maximum Gasteiger partial charge on any atom is 0.127 e. The van der Waals surface area contributed by atoms with Gasteiger partial charge in [-0.05, 0) is 37.1 Å². The molecule has 0 saturated heterocycles. The van der Waals surface area contributed by atoms with Crippen LogP contribution in [0.1, 0.15) is 28.4 Å². The van der Waals surface area contributed by atoms with Crippen molar-refractivity contribution in [1.82, 2.24) is 0 Å². The Balaban J connectivity index is 2.46. The standard InChI is InChI=1S/C16H15BrClFO/c1-3-20-15-7-5-4-6-11(15)16(17)12-8-10(2)14(19)9-13(12)18/h4-9,16H,3H2,1-2H3. The molecule has 0 aliphatic rings. The van der Waals surface area contributed by atoms with Crippen molar-refractivity contribution in [2.24, 2.45) is 0 Å². The maximum absolute atomic E-state index is 13.5. The van der Waals surface area contributed by atoms with Crippen molar-refractivity contribution in [3.63, 3.8) is 0 Å². The summed E-state index contributed by atoms with van der Waals surface area (Å²) in [5.41, 5.74) is 2.38. The van der Waals surface area contributed by atoms with E-state index in [0.29, 0.717) is 17.2 Å². The molecule has 0 bridgehead atoms. The summed E-state index contributed by atoms with van der Waals surface area (Å²) in [6.07, 6.45) is 0. The van der Waals surface area contributed by atoms with E-state index in [1.807, 2.05) is 31.2 Å². The fourth-order valence-electron chi connectivity index (χ4n) is 2.02. The van der Waals surface area contributed by atoms with Crippen LogP contribution in [0.25, 0.3) is 0 Å². The molecule has 0 aliphatic carbocycles. The number of alkyl halides is 1. The highest BCUT2D eigenvalue weighted by atomic mass is 79.9. The van der Waals surface area contributed by atoms with E-state index in [4.69, 9.17) is 16.3 Å². The zero-order valence-electron chi connectivity index (χ0n) is 11.3. The summed E-state index contributed by atoms with van der Waals surface area (Å²) in [5.74, 6) is 0.506. The Morgan fingerprint density at radius 2 is 1.95 bits per heavy atom. The highest BCUT2D eigenvalue weighted by molar-refractivity contribution is 9.09. The molecule has 0 saturated carbocycles. The summed E-state index contributed by atoms with van der Waals surface area (Å²) in [6.45, 7) is 4.26. The van der Waals surface area contributed by atoms with Gasteiger partial charge in [0, 0.05) is 10.6 Å². The topological polar surface area (TPSA) is 9.23 Å². The third-order valence-electron chi connectivity index (χ3n) is 3.04. The Kier molecular flexibility index (Phi) is 5.06. The van der Waals surface area contributed by atoms with Gasteiger partial charge in [-0.3, -0.25) is 0 Å². The van der Waals surface area contributed by atoms with Gasteiger partial charge < -0.3 is 4.74 Å². The van der Waals surface area contributed by atoms with Gasteiger partial charge in [0.05, 0.1) is 11.4 Å². The molecule has 0 N–H and O–H groups in total. The monoisotopic (exact) mass is 356 g/mol. The molecule has 0 heterocycles. The first kappa shape index (κ1) is 15.3. The first-order valence-corrected chi connectivity index (χ1v) is 7.65. The van der Waals surface area contributed by atoms with Crippen LogP contribution in [0.5, 0.6) is 5.75 Å². The van der Waals surface area contributed by atoms with Gasteiger partial charge in [-0.25, -0.2) is 4.39 Å². The average Bonchev–Trinajstić information content (AvgIpc) is 2.43. The zero-order chi connectivity index (χ0) is 14.7. The van der Waals surface area contributed by atoms with Crippen LogP contribution in [0.2, 0.25) is 5.02 Å². The average molecular weight is 358 g/mol. The minimum Gasteiger partial charge on any atom is -0.494 e. The second kappa shape index (κ2) is 6.59. The molecule has 2 aromatic rings. The van der Waals surface area contributed by atoms with Crippen LogP contribution < -0.4 is 4.74 Å². The van der Waals surface area contributed by atoms with Crippen LogP contribution in [0.15, 0.2) is 36.4 Å². The molecule has 0 aromatic heterocycles. The van der Waals surface area contributed by atoms with Crippen LogP contribution in [0, 0.1) is 12.7 Å². The molecule has 0 aliphatic heterocycles. The second-order valence-electron chi connectivity index (χ2n) is 4.46. The number of para-hydroxylation sites is 1. The summed E-state index contributed by atoms with van der Waals surface area (Å²) < 4.78 is 19.1. The van der Waals surface area contributed by atoms with Crippen molar-refractivity contribution >= 4 is 27.5 Å². The van der Waals surface area contributed by atoms with Gasteiger partial charge in [-0.1, -0.05) is 51.8 Å². The number of aryl methyl sites for hydroxylation is 1. The highest BCUT2D eigenvalue weighted by Crippen LogP contribution is 2.40. The summed E-state index contributed by atoms with van der Waals surface area (Å²) in [4.78, 5) is -0.142. The number of benzene rings is 2. The van der Waals surface area contributed by atoms with E-state index in [1.165, 1.54) is 6.07 Å². The van der Waals surface area contributed by atoms with Crippen molar-refractivity contribution in [2.45, 2.75) is 18.7 Å².